The van der Waals surface area contributed by atoms with E-state index < -0.39 is 11.9 Å². The van der Waals surface area contributed by atoms with E-state index in [0.717, 1.165) is 18.9 Å². The Morgan fingerprint density at radius 2 is 2.03 bits per heavy atom. The van der Waals surface area contributed by atoms with E-state index in [2.05, 4.69) is 30.6 Å². The van der Waals surface area contributed by atoms with Crippen LogP contribution in [0.4, 0.5) is 23.1 Å². The van der Waals surface area contributed by atoms with E-state index in [-0.39, 0.29) is 12.1 Å². The summed E-state index contributed by atoms with van der Waals surface area (Å²) in [6, 6.07) is 2.31. The largest absolute Gasteiger partial charge is 0.479 e. The normalized spacial score (nSPS) is 15.2. The number of likely N-dealkylation sites (tertiary alicyclic amines) is 1. The molecule has 3 aromatic rings. The van der Waals surface area contributed by atoms with Crippen molar-refractivity contribution in [1.29, 1.82) is 0 Å². The standard InChI is InChI=1S/C19H20F3N7O2S/c1-31-15-14-16(26-10-25-15)32-17(27-14)28-18(30)29-6-4-12(5-7-29)23-8-11-2-3-13(24-9-11)19(20,21)22/h2-3,9-10,12,23H,4-8H2,1H3,(H,27,28,30). The summed E-state index contributed by atoms with van der Waals surface area (Å²) in [5.74, 6) is 0.349. The van der Waals surface area contributed by atoms with Gasteiger partial charge in [0.15, 0.2) is 15.5 Å². The number of urea groups is 1. The summed E-state index contributed by atoms with van der Waals surface area (Å²) in [4.78, 5) is 30.8. The van der Waals surface area contributed by atoms with Gasteiger partial charge in [0.1, 0.15) is 12.0 Å². The molecule has 0 saturated carbocycles. The number of hydrogen-bond donors (Lipinski definition) is 2. The number of nitrogens with zero attached hydrogens (tertiary/aromatic N) is 5. The fourth-order valence-corrected chi connectivity index (χ4v) is 4.14. The van der Waals surface area contributed by atoms with Crippen LogP contribution in [0.15, 0.2) is 24.7 Å². The quantitative estimate of drug-likeness (QED) is 0.593. The van der Waals surface area contributed by atoms with Gasteiger partial charge < -0.3 is 15.0 Å². The first-order valence-corrected chi connectivity index (χ1v) is 10.6. The summed E-state index contributed by atoms with van der Waals surface area (Å²) in [7, 11) is 1.49. The van der Waals surface area contributed by atoms with Gasteiger partial charge in [-0.1, -0.05) is 17.4 Å². The number of carbonyl (C=O) groups excluding carboxylic acids is 1. The first kappa shape index (κ1) is 22.1. The van der Waals surface area contributed by atoms with Gasteiger partial charge in [-0.05, 0) is 24.5 Å². The Morgan fingerprint density at radius 1 is 1.25 bits per heavy atom. The van der Waals surface area contributed by atoms with Crippen molar-refractivity contribution in [1.82, 2.24) is 30.2 Å². The van der Waals surface area contributed by atoms with E-state index >= 15 is 0 Å². The number of pyridine rings is 1. The molecule has 1 aliphatic rings. The van der Waals surface area contributed by atoms with Crippen molar-refractivity contribution in [3.8, 4) is 5.88 Å². The van der Waals surface area contributed by atoms with Crippen LogP contribution in [-0.2, 0) is 12.7 Å². The van der Waals surface area contributed by atoms with E-state index in [0.29, 0.717) is 46.6 Å². The van der Waals surface area contributed by atoms with Gasteiger partial charge in [0.25, 0.3) is 0 Å². The van der Waals surface area contributed by atoms with Crippen LogP contribution in [0.2, 0.25) is 0 Å². The lowest BCUT2D eigenvalue weighted by Gasteiger charge is -2.32. The molecule has 0 bridgehead atoms. The minimum absolute atomic E-state index is 0.156. The molecule has 0 radical (unpaired) electrons. The molecule has 13 heteroatoms. The number of alkyl halides is 3. The maximum atomic E-state index is 12.6. The van der Waals surface area contributed by atoms with Gasteiger partial charge in [0, 0.05) is 31.9 Å². The van der Waals surface area contributed by atoms with Crippen LogP contribution >= 0.6 is 11.3 Å². The molecule has 2 amide bonds. The molecule has 4 rings (SSSR count). The van der Waals surface area contributed by atoms with Crippen molar-refractivity contribution in [3.05, 3.63) is 35.9 Å². The van der Waals surface area contributed by atoms with E-state index in [4.69, 9.17) is 4.74 Å². The Balaban J connectivity index is 1.26. The molecule has 0 aromatic carbocycles. The Bertz CT molecular complexity index is 1080. The molecular formula is C19H20F3N7O2S. The smallest absolute Gasteiger partial charge is 0.433 e. The summed E-state index contributed by atoms with van der Waals surface area (Å²) in [6.45, 7) is 1.50. The third-order valence-corrected chi connectivity index (χ3v) is 5.94. The predicted molar refractivity (Wildman–Crippen MR) is 111 cm³/mol. The van der Waals surface area contributed by atoms with Crippen LogP contribution in [0.3, 0.4) is 0 Å². The van der Waals surface area contributed by atoms with Crippen LogP contribution < -0.4 is 15.4 Å². The lowest BCUT2D eigenvalue weighted by molar-refractivity contribution is -0.141. The van der Waals surface area contributed by atoms with Gasteiger partial charge in [0.2, 0.25) is 5.88 Å². The molecule has 1 fully saturated rings. The zero-order chi connectivity index (χ0) is 22.7. The molecule has 1 aliphatic heterocycles. The zero-order valence-corrected chi connectivity index (χ0v) is 17.8. The molecule has 2 N–H and O–H groups in total. The Labute approximate surface area is 185 Å². The molecule has 3 aromatic heterocycles. The molecule has 0 spiro atoms. The van der Waals surface area contributed by atoms with Crippen LogP contribution in [0, 0.1) is 0 Å². The van der Waals surface area contributed by atoms with Crippen LogP contribution in [-0.4, -0.2) is 57.1 Å². The second-order valence-electron chi connectivity index (χ2n) is 7.18. The summed E-state index contributed by atoms with van der Waals surface area (Å²) in [6.07, 6.45) is -0.384. The molecule has 0 unspecified atom stereocenters. The number of anilines is 1. The molecule has 170 valence electrons. The Kier molecular flexibility index (Phi) is 6.37. The highest BCUT2D eigenvalue weighted by Gasteiger charge is 2.32. The highest BCUT2D eigenvalue weighted by molar-refractivity contribution is 7.22. The average molecular weight is 467 g/mol. The van der Waals surface area contributed by atoms with Crippen LogP contribution in [0.5, 0.6) is 5.88 Å². The predicted octanol–water partition coefficient (Wildman–Crippen LogP) is 3.29. The maximum Gasteiger partial charge on any atom is 0.433 e. The number of fused-ring (bicyclic) bond motifs is 1. The highest BCUT2D eigenvalue weighted by atomic mass is 32.1. The number of thiazole rings is 1. The zero-order valence-electron chi connectivity index (χ0n) is 17.0. The summed E-state index contributed by atoms with van der Waals surface area (Å²) in [5.41, 5.74) is 0.266. The third-order valence-electron chi connectivity index (χ3n) is 5.06. The third kappa shape index (κ3) is 5.05. The number of nitrogens with one attached hydrogen (secondary N) is 2. The number of amides is 2. The molecule has 0 atom stereocenters. The van der Waals surface area contributed by atoms with Crippen molar-refractivity contribution in [2.75, 3.05) is 25.5 Å². The highest BCUT2D eigenvalue weighted by Crippen LogP contribution is 2.29. The lowest BCUT2D eigenvalue weighted by Crippen LogP contribution is -2.46. The fraction of sp³-hybridized carbons (Fsp3) is 0.421. The number of hydrogen-bond acceptors (Lipinski definition) is 8. The topological polar surface area (TPSA) is 105 Å². The van der Waals surface area contributed by atoms with E-state index in [1.165, 1.54) is 37.0 Å². The molecule has 0 aliphatic carbocycles. The number of methoxy groups -OCH3 is 1. The number of ether oxygens (including phenoxy) is 1. The number of halogens is 3. The average Bonchev–Trinajstić information content (AvgIpc) is 3.20. The summed E-state index contributed by atoms with van der Waals surface area (Å²) in [5, 5.41) is 6.53. The monoisotopic (exact) mass is 467 g/mol. The van der Waals surface area contributed by atoms with E-state index in [9.17, 15) is 18.0 Å². The molecule has 4 heterocycles. The number of rotatable bonds is 5. The van der Waals surface area contributed by atoms with Crippen molar-refractivity contribution in [2.45, 2.75) is 31.6 Å². The minimum Gasteiger partial charge on any atom is -0.479 e. The maximum absolute atomic E-state index is 12.6. The van der Waals surface area contributed by atoms with Crippen molar-refractivity contribution in [3.63, 3.8) is 0 Å². The summed E-state index contributed by atoms with van der Waals surface area (Å²) < 4.78 is 42.9. The second kappa shape index (κ2) is 9.20. The molecular weight excluding hydrogens is 447 g/mol. The van der Waals surface area contributed by atoms with E-state index in [1.54, 1.807) is 4.90 Å². The van der Waals surface area contributed by atoms with Gasteiger partial charge in [-0.25, -0.2) is 14.8 Å². The van der Waals surface area contributed by atoms with Gasteiger partial charge in [-0.2, -0.15) is 18.2 Å². The first-order valence-electron chi connectivity index (χ1n) is 9.80. The van der Waals surface area contributed by atoms with Gasteiger partial charge in [-0.15, -0.1) is 0 Å². The van der Waals surface area contributed by atoms with Crippen LogP contribution in [0.1, 0.15) is 24.1 Å². The first-order chi connectivity index (χ1) is 15.3. The van der Waals surface area contributed by atoms with Crippen molar-refractivity contribution in [2.24, 2.45) is 0 Å². The fourth-order valence-electron chi connectivity index (χ4n) is 3.35. The molecule has 1 saturated heterocycles. The number of piperidine rings is 1. The molecule has 32 heavy (non-hydrogen) atoms. The number of aromatic nitrogens is 4. The van der Waals surface area contributed by atoms with Crippen LogP contribution in [0.25, 0.3) is 10.3 Å². The van der Waals surface area contributed by atoms with Crippen molar-refractivity contribution < 1.29 is 22.7 Å². The van der Waals surface area contributed by atoms with Gasteiger partial charge in [0.05, 0.1) is 7.11 Å². The van der Waals surface area contributed by atoms with Gasteiger partial charge in [-0.3, -0.25) is 10.3 Å². The lowest BCUT2D eigenvalue weighted by atomic mass is 10.0. The number of carbonyl (C=O) groups is 1. The minimum atomic E-state index is -4.44. The van der Waals surface area contributed by atoms with E-state index in [1.807, 2.05) is 0 Å². The van der Waals surface area contributed by atoms with Gasteiger partial charge >= 0.3 is 12.2 Å². The molecule has 9 nitrogen and oxygen atoms in total. The SMILES string of the molecule is COc1ncnc2sc(NC(=O)N3CCC(NCc4ccc(C(F)(F)F)nc4)CC3)nc12. The summed E-state index contributed by atoms with van der Waals surface area (Å²) >= 11 is 1.24. The Morgan fingerprint density at radius 3 is 2.69 bits per heavy atom. The second-order valence-corrected chi connectivity index (χ2v) is 8.16. The Hall–Kier alpha value is -3.06. The van der Waals surface area contributed by atoms with Crippen molar-refractivity contribution >= 4 is 32.8 Å².